The number of carbonyl (C=O) groups is 1. The lowest BCUT2D eigenvalue weighted by molar-refractivity contribution is 0.229. The number of phenols is 1. The molecule has 34 heavy (non-hydrogen) atoms. The van der Waals surface area contributed by atoms with Crippen LogP contribution in [0.5, 0.6) is 5.75 Å². The number of nitrogens with one attached hydrogen (secondary N) is 1. The molecule has 3 aromatic rings. The Kier molecular flexibility index (Phi) is 6.25. The SMILES string of the molecule is CN1CCN(c2ccc(-c3cc(Cl)cc(-c4ccnc(N5CCNCC5)c4)c3O)cc2Cl)C1=O. The van der Waals surface area contributed by atoms with Crippen LogP contribution in [0.3, 0.4) is 0 Å². The van der Waals surface area contributed by atoms with Gasteiger partial charge in [0.15, 0.2) is 0 Å². The molecule has 0 spiro atoms. The third-order valence-corrected chi connectivity index (χ3v) is 6.86. The summed E-state index contributed by atoms with van der Waals surface area (Å²) in [5, 5.41) is 15.5. The Morgan fingerprint density at radius 1 is 0.941 bits per heavy atom. The van der Waals surface area contributed by atoms with E-state index in [9.17, 15) is 9.90 Å². The zero-order chi connectivity index (χ0) is 23.8. The molecule has 2 aliphatic heterocycles. The van der Waals surface area contributed by atoms with E-state index in [4.69, 9.17) is 23.2 Å². The van der Waals surface area contributed by atoms with Crippen LogP contribution in [0.15, 0.2) is 48.7 Å². The summed E-state index contributed by atoms with van der Waals surface area (Å²) in [5.41, 5.74) is 3.39. The maximum absolute atomic E-state index is 12.4. The molecule has 3 heterocycles. The van der Waals surface area contributed by atoms with Gasteiger partial charge in [-0.3, -0.25) is 4.90 Å². The topological polar surface area (TPSA) is 71.9 Å². The summed E-state index contributed by atoms with van der Waals surface area (Å²) in [6, 6.07) is 12.7. The van der Waals surface area contributed by atoms with Crippen LogP contribution in [0.4, 0.5) is 16.3 Å². The number of pyridine rings is 1. The Bertz CT molecular complexity index is 1250. The molecular weight excluding hydrogens is 473 g/mol. The van der Waals surface area contributed by atoms with Crippen molar-refractivity contribution in [2.45, 2.75) is 0 Å². The lowest BCUT2D eigenvalue weighted by Gasteiger charge is -2.28. The number of piperazine rings is 1. The molecule has 1 aromatic heterocycles. The predicted octanol–water partition coefficient (Wildman–Crippen LogP) is 4.71. The summed E-state index contributed by atoms with van der Waals surface area (Å²) in [7, 11) is 1.77. The number of nitrogens with zero attached hydrogens (tertiary/aromatic N) is 4. The molecule has 176 valence electrons. The Labute approximate surface area is 208 Å². The second kappa shape index (κ2) is 9.33. The van der Waals surface area contributed by atoms with E-state index >= 15 is 0 Å². The second-order valence-electron chi connectivity index (χ2n) is 8.51. The smallest absolute Gasteiger partial charge is 0.324 e. The summed E-state index contributed by atoms with van der Waals surface area (Å²) < 4.78 is 0. The number of carbonyl (C=O) groups excluding carboxylic acids is 1. The molecule has 0 aliphatic carbocycles. The molecular formula is C25H25Cl2N5O2. The Balaban J connectivity index is 1.51. The van der Waals surface area contributed by atoms with Gasteiger partial charge < -0.3 is 20.2 Å². The lowest BCUT2D eigenvalue weighted by Crippen LogP contribution is -2.43. The first-order chi connectivity index (χ1) is 16.4. The fraction of sp³-hybridized carbons (Fsp3) is 0.280. The van der Waals surface area contributed by atoms with Crippen LogP contribution in [0.2, 0.25) is 10.0 Å². The first kappa shape index (κ1) is 22.8. The zero-order valence-corrected chi connectivity index (χ0v) is 20.3. The number of aromatic nitrogens is 1. The minimum absolute atomic E-state index is 0.0829. The molecule has 2 aliphatic rings. The molecule has 0 radical (unpaired) electrons. The average Bonchev–Trinajstić information content (AvgIpc) is 3.18. The number of urea groups is 1. The van der Waals surface area contributed by atoms with Gasteiger partial charge in [-0.05, 0) is 47.5 Å². The monoisotopic (exact) mass is 497 g/mol. The number of aromatic hydroxyl groups is 1. The van der Waals surface area contributed by atoms with Crippen molar-refractivity contribution in [3.05, 3.63) is 58.7 Å². The third kappa shape index (κ3) is 4.27. The van der Waals surface area contributed by atoms with Crippen molar-refractivity contribution in [2.75, 3.05) is 56.1 Å². The van der Waals surface area contributed by atoms with Gasteiger partial charge in [0.2, 0.25) is 0 Å². The van der Waals surface area contributed by atoms with Gasteiger partial charge in [-0.2, -0.15) is 0 Å². The highest BCUT2D eigenvalue weighted by Gasteiger charge is 2.28. The molecule has 5 rings (SSSR count). The number of phenolic OH excluding ortho intramolecular Hbond substituents is 1. The minimum atomic E-state index is -0.0829. The molecule has 2 saturated heterocycles. The normalized spacial score (nSPS) is 16.4. The van der Waals surface area contributed by atoms with Gasteiger partial charge in [-0.1, -0.05) is 29.3 Å². The Morgan fingerprint density at radius 2 is 1.65 bits per heavy atom. The van der Waals surface area contributed by atoms with E-state index in [0.717, 1.165) is 37.6 Å². The number of likely N-dealkylation sites (N-methyl/N-ethyl adjacent to an activating group) is 1. The maximum Gasteiger partial charge on any atom is 0.324 e. The first-order valence-electron chi connectivity index (χ1n) is 11.2. The van der Waals surface area contributed by atoms with Crippen LogP contribution in [0.25, 0.3) is 22.3 Å². The summed E-state index contributed by atoms with van der Waals surface area (Å²) in [4.78, 5) is 22.4. The van der Waals surface area contributed by atoms with E-state index in [1.54, 1.807) is 41.2 Å². The van der Waals surface area contributed by atoms with Crippen LogP contribution < -0.4 is 15.1 Å². The molecule has 2 fully saturated rings. The van der Waals surface area contributed by atoms with Crippen molar-refractivity contribution in [1.82, 2.24) is 15.2 Å². The summed E-state index contributed by atoms with van der Waals surface area (Å²) in [6.45, 7) is 4.81. The molecule has 9 heteroatoms. The average molecular weight is 498 g/mol. The molecule has 2 aromatic carbocycles. The number of rotatable bonds is 4. The van der Waals surface area contributed by atoms with Gasteiger partial charge in [-0.25, -0.2) is 9.78 Å². The van der Waals surface area contributed by atoms with Crippen molar-refractivity contribution in [3.8, 4) is 28.0 Å². The van der Waals surface area contributed by atoms with Crippen LogP contribution in [-0.2, 0) is 0 Å². The molecule has 0 saturated carbocycles. The zero-order valence-electron chi connectivity index (χ0n) is 18.8. The van der Waals surface area contributed by atoms with E-state index in [2.05, 4.69) is 15.2 Å². The number of anilines is 2. The quantitative estimate of drug-likeness (QED) is 0.546. The summed E-state index contributed by atoms with van der Waals surface area (Å²) >= 11 is 13.1. The Hall–Kier alpha value is -3.00. The van der Waals surface area contributed by atoms with E-state index in [0.29, 0.717) is 45.5 Å². The van der Waals surface area contributed by atoms with Crippen LogP contribution in [0.1, 0.15) is 0 Å². The predicted molar refractivity (Wildman–Crippen MR) is 137 cm³/mol. The van der Waals surface area contributed by atoms with E-state index in [1.165, 1.54) is 0 Å². The number of amides is 2. The van der Waals surface area contributed by atoms with E-state index < -0.39 is 0 Å². The number of hydrogen-bond donors (Lipinski definition) is 2. The number of halogens is 2. The standard InChI is InChI=1S/C25H25Cl2N5O2/c1-30-10-11-32(25(30)34)22-3-2-16(12-21(22)27)19-14-18(26)15-20(24(19)33)17-4-5-29-23(13-17)31-8-6-28-7-9-31/h2-5,12-15,28,33H,6-11H2,1H3. The van der Waals surface area contributed by atoms with Gasteiger partial charge in [0, 0.05) is 68.7 Å². The highest BCUT2D eigenvalue weighted by atomic mass is 35.5. The van der Waals surface area contributed by atoms with Crippen molar-refractivity contribution in [2.24, 2.45) is 0 Å². The van der Waals surface area contributed by atoms with Crippen molar-refractivity contribution < 1.29 is 9.90 Å². The number of hydrogen-bond acceptors (Lipinski definition) is 5. The fourth-order valence-electron chi connectivity index (χ4n) is 4.46. The van der Waals surface area contributed by atoms with Gasteiger partial charge in [0.05, 0.1) is 10.7 Å². The summed E-state index contributed by atoms with van der Waals surface area (Å²) in [6.07, 6.45) is 1.75. The second-order valence-corrected chi connectivity index (χ2v) is 9.35. The van der Waals surface area contributed by atoms with Crippen molar-refractivity contribution >= 4 is 40.7 Å². The van der Waals surface area contributed by atoms with Gasteiger partial charge in [-0.15, -0.1) is 0 Å². The van der Waals surface area contributed by atoms with Gasteiger partial charge >= 0.3 is 6.03 Å². The molecule has 2 amide bonds. The molecule has 0 unspecified atom stereocenters. The molecule has 0 atom stereocenters. The largest absolute Gasteiger partial charge is 0.507 e. The minimum Gasteiger partial charge on any atom is -0.507 e. The van der Waals surface area contributed by atoms with Gasteiger partial charge in [0.25, 0.3) is 0 Å². The van der Waals surface area contributed by atoms with E-state index in [1.807, 2.05) is 24.3 Å². The van der Waals surface area contributed by atoms with Crippen molar-refractivity contribution in [3.63, 3.8) is 0 Å². The molecule has 7 nitrogen and oxygen atoms in total. The fourth-order valence-corrected chi connectivity index (χ4v) is 4.96. The molecule has 2 N–H and O–H groups in total. The van der Waals surface area contributed by atoms with Crippen LogP contribution in [-0.4, -0.2) is 67.3 Å². The van der Waals surface area contributed by atoms with Crippen LogP contribution >= 0.6 is 23.2 Å². The van der Waals surface area contributed by atoms with Gasteiger partial charge in [0.1, 0.15) is 11.6 Å². The molecule has 0 bridgehead atoms. The van der Waals surface area contributed by atoms with Crippen molar-refractivity contribution in [1.29, 1.82) is 0 Å². The highest BCUT2D eigenvalue weighted by molar-refractivity contribution is 6.34. The lowest BCUT2D eigenvalue weighted by atomic mass is 9.97. The maximum atomic E-state index is 12.4. The Morgan fingerprint density at radius 3 is 2.29 bits per heavy atom. The first-order valence-corrected chi connectivity index (χ1v) is 11.9. The third-order valence-electron chi connectivity index (χ3n) is 6.34. The van der Waals surface area contributed by atoms with E-state index in [-0.39, 0.29) is 11.8 Å². The summed E-state index contributed by atoms with van der Waals surface area (Å²) in [5.74, 6) is 0.982. The highest BCUT2D eigenvalue weighted by Crippen LogP contribution is 2.43. The number of benzene rings is 2. The van der Waals surface area contributed by atoms with Crippen LogP contribution in [0, 0.1) is 0 Å².